The summed E-state index contributed by atoms with van der Waals surface area (Å²) < 4.78 is 2.06. The van der Waals surface area contributed by atoms with E-state index in [4.69, 9.17) is 11.6 Å². The molecule has 0 saturated heterocycles. The maximum absolute atomic E-state index is 13.7. The molecule has 0 N–H and O–H groups in total. The first-order chi connectivity index (χ1) is 14.7. The monoisotopic (exact) mass is 417 g/mol. The van der Waals surface area contributed by atoms with E-state index >= 15 is 0 Å². The second-order valence-corrected chi connectivity index (χ2v) is 7.74. The summed E-state index contributed by atoms with van der Waals surface area (Å²) in [7, 11) is 0. The SMILES string of the molecule is CCCc1ccnc(N2CCn3c(c(-c4ccc(Cl)cc4)c4ncccc43)C2=O)n1. The van der Waals surface area contributed by atoms with Gasteiger partial charge >= 0.3 is 0 Å². The topological polar surface area (TPSA) is 63.9 Å². The van der Waals surface area contributed by atoms with Gasteiger partial charge in [-0.15, -0.1) is 0 Å². The van der Waals surface area contributed by atoms with E-state index in [0.29, 0.717) is 29.8 Å². The van der Waals surface area contributed by atoms with Crippen molar-refractivity contribution >= 4 is 34.5 Å². The fourth-order valence-corrected chi connectivity index (χ4v) is 4.18. The normalized spacial score (nSPS) is 13.7. The summed E-state index contributed by atoms with van der Waals surface area (Å²) in [5.41, 5.74) is 5.05. The number of amides is 1. The molecule has 0 fully saturated rings. The molecule has 1 aliphatic rings. The summed E-state index contributed by atoms with van der Waals surface area (Å²) in [6.07, 6.45) is 5.34. The van der Waals surface area contributed by atoms with Crippen molar-refractivity contribution in [3.8, 4) is 11.1 Å². The summed E-state index contributed by atoms with van der Waals surface area (Å²) >= 11 is 6.09. The van der Waals surface area contributed by atoms with Gasteiger partial charge in [0.25, 0.3) is 5.91 Å². The van der Waals surface area contributed by atoms with Crippen LogP contribution in [0.25, 0.3) is 22.2 Å². The second-order valence-electron chi connectivity index (χ2n) is 7.31. The summed E-state index contributed by atoms with van der Waals surface area (Å²) in [5.74, 6) is 0.343. The highest BCUT2D eigenvalue weighted by atomic mass is 35.5. The lowest BCUT2D eigenvalue weighted by Gasteiger charge is -2.28. The number of benzene rings is 1. The van der Waals surface area contributed by atoms with Crippen molar-refractivity contribution in [1.82, 2.24) is 19.5 Å². The van der Waals surface area contributed by atoms with E-state index in [1.54, 1.807) is 17.3 Å². The van der Waals surface area contributed by atoms with Gasteiger partial charge in [-0.1, -0.05) is 37.1 Å². The minimum absolute atomic E-state index is 0.113. The largest absolute Gasteiger partial charge is 0.333 e. The molecule has 6 nitrogen and oxygen atoms in total. The summed E-state index contributed by atoms with van der Waals surface area (Å²) in [6.45, 7) is 3.27. The predicted molar refractivity (Wildman–Crippen MR) is 118 cm³/mol. The van der Waals surface area contributed by atoms with Crippen LogP contribution < -0.4 is 4.90 Å². The number of nitrogens with zero attached hydrogens (tertiary/aromatic N) is 5. The van der Waals surface area contributed by atoms with Crippen LogP contribution in [0.3, 0.4) is 0 Å². The summed E-state index contributed by atoms with van der Waals surface area (Å²) in [4.78, 5) is 29.0. The highest BCUT2D eigenvalue weighted by Gasteiger charge is 2.33. The van der Waals surface area contributed by atoms with Gasteiger partial charge in [0.2, 0.25) is 5.95 Å². The number of fused-ring (bicyclic) bond motifs is 3. The van der Waals surface area contributed by atoms with Gasteiger partial charge in [0.05, 0.1) is 11.0 Å². The van der Waals surface area contributed by atoms with Crippen LogP contribution in [0, 0.1) is 0 Å². The zero-order chi connectivity index (χ0) is 20.7. The third kappa shape index (κ3) is 3.04. The van der Waals surface area contributed by atoms with E-state index in [2.05, 4.69) is 26.4 Å². The lowest BCUT2D eigenvalue weighted by atomic mass is 10.0. The number of aromatic nitrogens is 4. The van der Waals surface area contributed by atoms with Crippen molar-refractivity contribution in [2.24, 2.45) is 0 Å². The first kappa shape index (κ1) is 18.8. The average molecular weight is 418 g/mol. The Balaban J connectivity index is 1.67. The van der Waals surface area contributed by atoms with Crippen LogP contribution >= 0.6 is 11.6 Å². The van der Waals surface area contributed by atoms with E-state index in [9.17, 15) is 4.79 Å². The van der Waals surface area contributed by atoms with Crippen LogP contribution in [0.1, 0.15) is 29.5 Å². The molecule has 0 bridgehead atoms. The zero-order valence-electron chi connectivity index (χ0n) is 16.5. The van der Waals surface area contributed by atoms with Gasteiger partial charge in [-0.2, -0.15) is 0 Å². The van der Waals surface area contributed by atoms with E-state index < -0.39 is 0 Å². The number of carbonyl (C=O) groups is 1. The third-order valence-electron chi connectivity index (χ3n) is 5.40. The molecule has 0 radical (unpaired) electrons. The first-order valence-electron chi connectivity index (χ1n) is 10.0. The Morgan fingerprint density at radius 3 is 2.67 bits per heavy atom. The molecule has 4 heterocycles. The molecule has 1 aromatic carbocycles. The van der Waals surface area contributed by atoms with Crippen molar-refractivity contribution in [1.29, 1.82) is 0 Å². The molecule has 0 saturated carbocycles. The van der Waals surface area contributed by atoms with Crippen LogP contribution in [0.5, 0.6) is 0 Å². The third-order valence-corrected chi connectivity index (χ3v) is 5.65. The van der Waals surface area contributed by atoms with E-state index in [-0.39, 0.29) is 5.91 Å². The number of anilines is 1. The quantitative estimate of drug-likeness (QED) is 0.480. The Morgan fingerprint density at radius 2 is 1.87 bits per heavy atom. The average Bonchev–Trinajstić information content (AvgIpc) is 3.10. The van der Waals surface area contributed by atoms with E-state index in [1.165, 1.54) is 0 Å². The zero-order valence-corrected chi connectivity index (χ0v) is 17.3. The summed E-state index contributed by atoms with van der Waals surface area (Å²) in [6, 6.07) is 13.3. The second kappa shape index (κ2) is 7.54. The van der Waals surface area contributed by atoms with Crippen molar-refractivity contribution in [3.05, 3.63) is 71.3 Å². The van der Waals surface area contributed by atoms with Crippen LogP contribution in [0.2, 0.25) is 5.02 Å². The number of rotatable bonds is 4. The first-order valence-corrected chi connectivity index (χ1v) is 10.4. The molecule has 1 amide bonds. The molecule has 1 aliphatic heterocycles. The number of hydrogen-bond acceptors (Lipinski definition) is 4. The highest BCUT2D eigenvalue weighted by Crippen LogP contribution is 2.37. The van der Waals surface area contributed by atoms with Gasteiger partial charge in [0.15, 0.2) is 0 Å². The van der Waals surface area contributed by atoms with Gasteiger partial charge in [-0.3, -0.25) is 14.7 Å². The van der Waals surface area contributed by atoms with Crippen molar-refractivity contribution in [3.63, 3.8) is 0 Å². The van der Waals surface area contributed by atoms with Crippen molar-refractivity contribution < 1.29 is 4.79 Å². The Morgan fingerprint density at radius 1 is 1.03 bits per heavy atom. The molecule has 0 spiro atoms. The van der Waals surface area contributed by atoms with E-state index in [0.717, 1.165) is 40.7 Å². The smallest absolute Gasteiger partial charge is 0.278 e. The van der Waals surface area contributed by atoms with Crippen LogP contribution in [-0.2, 0) is 13.0 Å². The number of halogens is 1. The molecule has 150 valence electrons. The Labute approximate surface area is 179 Å². The van der Waals surface area contributed by atoms with Crippen LogP contribution in [0.4, 0.5) is 5.95 Å². The van der Waals surface area contributed by atoms with Gasteiger partial charge in [0.1, 0.15) is 5.69 Å². The number of pyridine rings is 1. The van der Waals surface area contributed by atoms with Gasteiger partial charge in [0, 0.05) is 41.8 Å². The Bertz CT molecular complexity index is 1250. The lowest BCUT2D eigenvalue weighted by molar-refractivity contribution is 0.0965. The minimum Gasteiger partial charge on any atom is -0.333 e. The predicted octanol–water partition coefficient (Wildman–Crippen LogP) is 4.76. The van der Waals surface area contributed by atoms with Crippen molar-refractivity contribution in [2.75, 3.05) is 11.4 Å². The molecule has 7 heteroatoms. The number of aryl methyl sites for hydroxylation is 1. The van der Waals surface area contributed by atoms with E-state index in [1.807, 2.05) is 42.5 Å². The van der Waals surface area contributed by atoms with Gasteiger partial charge < -0.3 is 4.57 Å². The number of hydrogen-bond donors (Lipinski definition) is 0. The maximum atomic E-state index is 13.7. The van der Waals surface area contributed by atoms with Crippen LogP contribution in [0.15, 0.2) is 54.9 Å². The Hall–Kier alpha value is -3.25. The van der Waals surface area contributed by atoms with Crippen LogP contribution in [-0.4, -0.2) is 32.0 Å². The van der Waals surface area contributed by atoms with Gasteiger partial charge in [-0.25, -0.2) is 9.97 Å². The molecular weight excluding hydrogens is 398 g/mol. The maximum Gasteiger partial charge on any atom is 0.278 e. The fraction of sp³-hybridized carbons (Fsp3) is 0.217. The molecule has 0 aliphatic carbocycles. The molecule has 5 rings (SSSR count). The minimum atomic E-state index is -0.113. The van der Waals surface area contributed by atoms with Gasteiger partial charge in [-0.05, 0) is 42.3 Å². The number of carbonyl (C=O) groups excluding carboxylic acids is 1. The molecule has 30 heavy (non-hydrogen) atoms. The molecule has 0 unspecified atom stereocenters. The summed E-state index contributed by atoms with van der Waals surface area (Å²) in [5, 5.41) is 0.651. The molecular formula is C23H20ClN5O. The molecule has 3 aromatic heterocycles. The molecule has 0 atom stereocenters. The Kier molecular flexibility index (Phi) is 4.71. The standard InChI is InChI=1S/C23H20ClN5O/c1-2-4-17-10-12-26-23(27-17)29-14-13-28-18-5-3-11-25-20(18)19(21(28)22(29)30)15-6-8-16(24)9-7-15/h3,5-12H,2,4,13-14H2,1H3. The molecule has 4 aromatic rings. The van der Waals surface area contributed by atoms with Crippen molar-refractivity contribution in [2.45, 2.75) is 26.3 Å². The fourth-order valence-electron chi connectivity index (χ4n) is 4.05. The lowest BCUT2D eigenvalue weighted by Crippen LogP contribution is -2.41. The highest BCUT2D eigenvalue weighted by molar-refractivity contribution is 6.30.